The van der Waals surface area contributed by atoms with Crippen molar-refractivity contribution >= 4 is 40.9 Å². The van der Waals surface area contributed by atoms with Gasteiger partial charge in [0.1, 0.15) is 0 Å². The van der Waals surface area contributed by atoms with Crippen molar-refractivity contribution in [2.24, 2.45) is 0 Å². The third kappa shape index (κ3) is 3.59. The molecule has 1 atom stereocenters. The summed E-state index contributed by atoms with van der Waals surface area (Å²) in [4.78, 5) is 10.6. The molecule has 5 heteroatoms. The van der Waals surface area contributed by atoms with Crippen molar-refractivity contribution in [2.75, 3.05) is 0 Å². The van der Waals surface area contributed by atoms with Crippen LogP contribution in [0.1, 0.15) is 12.5 Å². The number of carboxylic acid groups (broad SMARTS) is 1. The van der Waals surface area contributed by atoms with E-state index < -0.39 is 11.2 Å². The van der Waals surface area contributed by atoms with Crippen LogP contribution in [0.2, 0.25) is 10.0 Å². The zero-order valence-electron chi connectivity index (χ0n) is 8.04. The molecule has 0 spiro atoms. The SMILES string of the molecule is CC(SCc1c(Cl)cccc1Cl)C(=O)O. The van der Waals surface area contributed by atoms with Crippen LogP contribution >= 0.6 is 35.0 Å². The summed E-state index contributed by atoms with van der Waals surface area (Å²) in [6.45, 7) is 1.64. The lowest BCUT2D eigenvalue weighted by molar-refractivity contribution is -0.136. The van der Waals surface area contributed by atoms with Crippen LogP contribution in [0.3, 0.4) is 0 Å². The first-order valence-electron chi connectivity index (χ1n) is 4.29. The molecule has 0 aliphatic carbocycles. The lowest BCUT2D eigenvalue weighted by Crippen LogP contribution is -2.11. The molecule has 15 heavy (non-hydrogen) atoms. The minimum absolute atomic E-state index is 0.461. The van der Waals surface area contributed by atoms with Gasteiger partial charge in [-0.05, 0) is 24.6 Å². The minimum atomic E-state index is -0.830. The van der Waals surface area contributed by atoms with Gasteiger partial charge in [0, 0.05) is 15.8 Å². The fourth-order valence-corrected chi connectivity index (χ4v) is 2.51. The topological polar surface area (TPSA) is 37.3 Å². The van der Waals surface area contributed by atoms with Crippen LogP contribution in [0.15, 0.2) is 18.2 Å². The van der Waals surface area contributed by atoms with Crippen LogP contribution in [0.4, 0.5) is 0 Å². The Morgan fingerprint density at radius 1 is 1.47 bits per heavy atom. The summed E-state index contributed by atoms with van der Waals surface area (Å²) in [5.41, 5.74) is 0.791. The molecule has 1 rings (SSSR count). The second kappa shape index (κ2) is 5.64. The second-order valence-electron chi connectivity index (χ2n) is 2.99. The van der Waals surface area contributed by atoms with Gasteiger partial charge in [0.15, 0.2) is 0 Å². The molecule has 1 aromatic rings. The van der Waals surface area contributed by atoms with Gasteiger partial charge in [0.05, 0.1) is 5.25 Å². The highest BCUT2D eigenvalue weighted by molar-refractivity contribution is 7.99. The lowest BCUT2D eigenvalue weighted by atomic mass is 10.2. The monoisotopic (exact) mass is 264 g/mol. The van der Waals surface area contributed by atoms with Crippen molar-refractivity contribution in [3.63, 3.8) is 0 Å². The van der Waals surface area contributed by atoms with Crippen molar-refractivity contribution < 1.29 is 9.90 Å². The van der Waals surface area contributed by atoms with Crippen LogP contribution in [0, 0.1) is 0 Å². The molecule has 0 radical (unpaired) electrons. The van der Waals surface area contributed by atoms with Gasteiger partial charge in [-0.3, -0.25) is 4.79 Å². The Morgan fingerprint density at radius 2 is 2.00 bits per heavy atom. The summed E-state index contributed by atoms with van der Waals surface area (Å²) < 4.78 is 0. The van der Waals surface area contributed by atoms with E-state index in [1.54, 1.807) is 25.1 Å². The van der Waals surface area contributed by atoms with Crippen LogP contribution in [-0.2, 0) is 10.5 Å². The Morgan fingerprint density at radius 3 is 2.47 bits per heavy atom. The number of carboxylic acids is 1. The van der Waals surface area contributed by atoms with Crippen molar-refractivity contribution in [2.45, 2.75) is 17.9 Å². The van der Waals surface area contributed by atoms with Crippen molar-refractivity contribution in [1.82, 2.24) is 0 Å². The lowest BCUT2D eigenvalue weighted by Gasteiger charge is -2.08. The second-order valence-corrected chi connectivity index (χ2v) is 5.14. The maximum Gasteiger partial charge on any atom is 0.316 e. The first-order chi connectivity index (χ1) is 7.02. The molecular formula is C10H10Cl2O2S. The van der Waals surface area contributed by atoms with Crippen LogP contribution in [-0.4, -0.2) is 16.3 Å². The van der Waals surface area contributed by atoms with E-state index in [0.29, 0.717) is 15.8 Å². The molecule has 0 aromatic heterocycles. The van der Waals surface area contributed by atoms with E-state index in [-0.39, 0.29) is 0 Å². The van der Waals surface area contributed by atoms with Crippen molar-refractivity contribution in [1.29, 1.82) is 0 Å². The predicted octanol–water partition coefficient (Wildman–Crippen LogP) is 3.70. The van der Waals surface area contributed by atoms with E-state index in [1.807, 2.05) is 0 Å². The van der Waals surface area contributed by atoms with Crippen LogP contribution in [0.25, 0.3) is 0 Å². The predicted molar refractivity (Wildman–Crippen MR) is 64.9 cm³/mol. The molecule has 0 bridgehead atoms. The van der Waals surface area contributed by atoms with Gasteiger partial charge in [-0.1, -0.05) is 29.3 Å². The van der Waals surface area contributed by atoms with Gasteiger partial charge in [-0.15, -0.1) is 11.8 Å². The van der Waals surface area contributed by atoms with E-state index >= 15 is 0 Å². The number of carbonyl (C=O) groups is 1. The summed E-state index contributed by atoms with van der Waals surface area (Å²) >= 11 is 13.2. The van der Waals surface area contributed by atoms with Gasteiger partial charge >= 0.3 is 5.97 Å². The van der Waals surface area contributed by atoms with E-state index in [4.69, 9.17) is 28.3 Å². The molecule has 0 amide bonds. The fourth-order valence-electron chi connectivity index (χ4n) is 0.950. The molecular weight excluding hydrogens is 255 g/mol. The van der Waals surface area contributed by atoms with Gasteiger partial charge in [0.2, 0.25) is 0 Å². The molecule has 1 unspecified atom stereocenters. The first-order valence-corrected chi connectivity index (χ1v) is 6.10. The van der Waals surface area contributed by atoms with Gasteiger partial charge < -0.3 is 5.11 Å². The maximum atomic E-state index is 10.6. The Hall–Kier alpha value is -0.380. The molecule has 0 saturated heterocycles. The number of benzene rings is 1. The van der Waals surface area contributed by atoms with E-state index in [0.717, 1.165) is 5.56 Å². The number of aliphatic carboxylic acids is 1. The average molecular weight is 265 g/mol. The molecule has 1 aromatic carbocycles. The Kier molecular flexibility index (Phi) is 4.77. The highest BCUT2D eigenvalue weighted by Crippen LogP contribution is 2.29. The van der Waals surface area contributed by atoms with Crippen molar-refractivity contribution in [3.05, 3.63) is 33.8 Å². The number of thioether (sulfide) groups is 1. The van der Waals surface area contributed by atoms with Gasteiger partial charge in [-0.2, -0.15) is 0 Å². The highest BCUT2D eigenvalue weighted by atomic mass is 35.5. The average Bonchev–Trinajstić information content (AvgIpc) is 2.16. The van der Waals surface area contributed by atoms with Crippen molar-refractivity contribution in [3.8, 4) is 0 Å². The number of halogens is 2. The molecule has 1 N–H and O–H groups in total. The Balaban J connectivity index is 2.69. The zero-order chi connectivity index (χ0) is 11.4. The Bertz CT molecular complexity index is 348. The molecule has 0 aliphatic rings. The Labute approximate surface area is 103 Å². The van der Waals surface area contributed by atoms with E-state index in [2.05, 4.69) is 0 Å². The standard InChI is InChI=1S/C10H10Cl2O2S/c1-6(10(13)14)15-5-7-8(11)3-2-4-9(7)12/h2-4,6H,5H2,1H3,(H,13,14). The maximum absolute atomic E-state index is 10.6. The normalized spacial score (nSPS) is 12.5. The summed E-state index contributed by atoms with van der Waals surface area (Å²) in [5.74, 6) is -0.324. The summed E-state index contributed by atoms with van der Waals surface area (Å²) in [6.07, 6.45) is 0. The number of hydrogen-bond acceptors (Lipinski definition) is 2. The summed E-state index contributed by atoms with van der Waals surface area (Å²) in [5, 5.41) is 9.40. The number of rotatable bonds is 4. The largest absolute Gasteiger partial charge is 0.480 e. The highest BCUT2D eigenvalue weighted by Gasteiger charge is 2.13. The zero-order valence-corrected chi connectivity index (χ0v) is 10.4. The first kappa shape index (κ1) is 12.7. The minimum Gasteiger partial charge on any atom is -0.480 e. The van der Waals surface area contributed by atoms with Crippen LogP contribution < -0.4 is 0 Å². The molecule has 2 nitrogen and oxygen atoms in total. The third-order valence-corrected chi connectivity index (χ3v) is 3.75. The molecule has 0 heterocycles. The van der Waals surface area contributed by atoms with E-state index in [9.17, 15) is 4.79 Å². The third-order valence-electron chi connectivity index (χ3n) is 1.89. The van der Waals surface area contributed by atoms with E-state index in [1.165, 1.54) is 11.8 Å². The fraction of sp³-hybridized carbons (Fsp3) is 0.300. The van der Waals surface area contributed by atoms with Gasteiger partial charge in [0.25, 0.3) is 0 Å². The quantitative estimate of drug-likeness (QED) is 0.901. The molecule has 0 saturated carbocycles. The number of hydrogen-bond donors (Lipinski definition) is 1. The smallest absolute Gasteiger partial charge is 0.316 e. The van der Waals surface area contributed by atoms with Gasteiger partial charge in [-0.25, -0.2) is 0 Å². The summed E-state index contributed by atoms with van der Waals surface area (Å²) in [7, 11) is 0. The molecule has 0 aliphatic heterocycles. The molecule has 82 valence electrons. The molecule has 0 fully saturated rings. The summed E-state index contributed by atoms with van der Waals surface area (Å²) in [6, 6.07) is 5.25. The van der Waals surface area contributed by atoms with Crippen LogP contribution in [0.5, 0.6) is 0 Å².